The minimum absolute atomic E-state index is 0.483. The Balaban J connectivity index is 2.81. The van der Waals surface area contributed by atoms with E-state index in [9.17, 15) is 0 Å². The van der Waals surface area contributed by atoms with E-state index in [2.05, 4.69) is 4.98 Å². The molecule has 0 atom stereocenters. The molecule has 0 saturated carbocycles. The van der Waals surface area contributed by atoms with Crippen LogP contribution in [0.1, 0.15) is 0 Å². The molecular weight excluding hydrogens is 189 g/mol. The Labute approximate surface area is 73.7 Å². The molecule has 0 unspecified atom stereocenters. The van der Waals surface area contributed by atoms with E-state index in [-0.39, 0.29) is 0 Å². The largest absolute Gasteiger partial charge is 0.248 e. The monoisotopic (exact) mass is 193 g/mol. The van der Waals surface area contributed by atoms with Crippen LogP contribution in [0.25, 0.3) is 0 Å². The van der Waals surface area contributed by atoms with Gasteiger partial charge in [0.1, 0.15) is 5.03 Å². The maximum Gasteiger partial charge on any atom is 0.116 e. The third-order valence-electron chi connectivity index (χ3n) is 0.916. The molecule has 0 N–H and O–H groups in total. The predicted octanol–water partition coefficient (Wildman–Crippen LogP) is 3.02. The van der Waals surface area contributed by atoms with Crippen molar-refractivity contribution < 1.29 is 0 Å². The summed E-state index contributed by atoms with van der Waals surface area (Å²) in [5, 5.41) is 1.93. The fourth-order valence-corrected chi connectivity index (χ4v) is 1.57. The molecule has 0 amide bonds. The van der Waals surface area contributed by atoms with Crippen LogP contribution in [-0.4, -0.2) is 10.2 Å². The van der Waals surface area contributed by atoms with Crippen LogP contribution in [0.15, 0.2) is 23.4 Å². The molecule has 0 saturated heterocycles. The Hall–Kier alpha value is 0.0800. The number of hydrogen-bond donors (Lipinski definition) is 0. The zero-order valence-corrected chi connectivity index (χ0v) is 7.38. The Morgan fingerprint density at radius 2 is 2.40 bits per heavy atom. The second-order valence-corrected chi connectivity index (χ2v) is 3.50. The minimum Gasteiger partial charge on any atom is -0.248 e. The average Bonchev–Trinajstić information content (AvgIpc) is 1.94. The first-order valence-electron chi connectivity index (χ1n) is 2.64. The van der Waals surface area contributed by atoms with Crippen molar-refractivity contribution in [1.29, 1.82) is 0 Å². The molecule has 0 aromatic carbocycles. The molecule has 1 aromatic heterocycles. The number of halogens is 2. The Bertz CT molecular complexity index is 217. The Morgan fingerprint density at radius 1 is 1.60 bits per heavy atom. The van der Waals surface area contributed by atoms with Crippen molar-refractivity contribution in [2.24, 2.45) is 0 Å². The van der Waals surface area contributed by atoms with Crippen LogP contribution in [-0.2, 0) is 0 Å². The maximum absolute atomic E-state index is 5.76. The standard InChI is InChI=1S/C6H5Cl2NS/c7-4-10-6-5(8)2-1-3-9-6/h1-3H,4H2. The summed E-state index contributed by atoms with van der Waals surface area (Å²) in [7, 11) is 0. The van der Waals surface area contributed by atoms with Gasteiger partial charge in [-0.05, 0) is 12.1 Å². The smallest absolute Gasteiger partial charge is 0.116 e. The van der Waals surface area contributed by atoms with Gasteiger partial charge >= 0.3 is 0 Å². The number of nitrogens with zero attached hydrogens (tertiary/aromatic N) is 1. The second kappa shape index (κ2) is 4.06. The summed E-state index contributed by atoms with van der Waals surface area (Å²) in [5.41, 5.74) is 0. The molecule has 1 heterocycles. The zero-order chi connectivity index (χ0) is 7.40. The zero-order valence-electron chi connectivity index (χ0n) is 5.05. The van der Waals surface area contributed by atoms with E-state index >= 15 is 0 Å². The van der Waals surface area contributed by atoms with Crippen molar-refractivity contribution >= 4 is 35.0 Å². The van der Waals surface area contributed by atoms with Crippen molar-refractivity contribution in [1.82, 2.24) is 4.98 Å². The van der Waals surface area contributed by atoms with Gasteiger partial charge in [0.05, 0.1) is 10.2 Å². The molecule has 0 aliphatic carbocycles. The van der Waals surface area contributed by atoms with E-state index in [1.807, 2.05) is 0 Å². The van der Waals surface area contributed by atoms with Crippen LogP contribution in [0.3, 0.4) is 0 Å². The maximum atomic E-state index is 5.76. The molecule has 10 heavy (non-hydrogen) atoms. The fourth-order valence-electron chi connectivity index (χ4n) is 0.529. The van der Waals surface area contributed by atoms with Crippen molar-refractivity contribution in [2.45, 2.75) is 5.03 Å². The quantitative estimate of drug-likeness (QED) is 0.530. The van der Waals surface area contributed by atoms with Gasteiger partial charge in [0.25, 0.3) is 0 Å². The number of rotatable bonds is 2. The second-order valence-electron chi connectivity index (χ2n) is 1.54. The number of alkyl halides is 1. The Morgan fingerprint density at radius 3 is 3.00 bits per heavy atom. The van der Waals surface area contributed by atoms with Gasteiger partial charge in [-0.1, -0.05) is 23.4 Å². The molecule has 54 valence electrons. The lowest BCUT2D eigenvalue weighted by atomic mass is 10.5. The molecule has 1 nitrogen and oxygen atoms in total. The molecule has 1 rings (SSSR count). The van der Waals surface area contributed by atoms with Crippen LogP contribution in [0.5, 0.6) is 0 Å². The summed E-state index contributed by atoms with van der Waals surface area (Å²) in [4.78, 5) is 4.01. The first kappa shape index (κ1) is 8.18. The van der Waals surface area contributed by atoms with E-state index in [1.165, 1.54) is 11.8 Å². The average molecular weight is 194 g/mol. The SMILES string of the molecule is ClCSc1ncccc1Cl. The van der Waals surface area contributed by atoms with Crippen LogP contribution in [0.4, 0.5) is 0 Å². The van der Waals surface area contributed by atoms with E-state index in [0.29, 0.717) is 10.2 Å². The van der Waals surface area contributed by atoms with E-state index < -0.39 is 0 Å². The molecule has 0 aliphatic heterocycles. The van der Waals surface area contributed by atoms with Crippen molar-refractivity contribution in [3.63, 3.8) is 0 Å². The molecule has 1 aromatic rings. The van der Waals surface area contributed by atoms with Gasteiger partial charge in [0.15, 0.2) is 0 Å². The van der Waals surface area contributed by atoms with Gasteiger partial charge in [0, 0.05) is 6.20 Å². The topological polar surface area (TPSA) is 12.9 Å². The van der Waals surface area contributed by atoms with Gasteiger partial charge in [-0.15, -0.1) is 11.6 Å². The lowest BCUT2D eigenvalue weighted by molar-refractivity contribution is 1.14. The molecule has 0 fully saturated rings. The Kier molecular flexibility index (Phi) is 3.32. The summed E-state index contributed by atoms with van der Waals surface area (Å²) >= 11 is 12.7. The summed E-state index contributed by atoms with van der Waals surface area (Å²) in [6.07, 6.45) is 1.70. The summed E-state index contributed by atoms with van der Waals surface area (Å²) in [5.74, 6) is 0. The minimum atomic E-state index is 0.483. The predicted molar refractivity (Wildman–Crippen MR) is 45.8 cm³/mol. The third kappa shape index (κ3) is 2.04. The fraction of sp³-hybridized carbons (Fsp3) is 0.167. The lowest BCUT2D eigenvalue weighted by Crippen LogP contribution is -1.78. The van der Waals surface area contributed by atoms with Gasteiger partial charge in [-0.2, -0.15) is 0 Å². The first-order chi connectivity index (χ1) is 4.84. The van der Waals surface area contributed by atoms with Gasteiger partial charge in [-0.3, -0.25) is 0 Å². The number of hydrogen-bond acceptors (Lipinski definition) is 2. The molecule has 0 bridgehead atoms. The van der Waals surface area contributed by atoms with Crippen LogP contribution in [0.2, 0.25) is 5.02 Å². The first-order valence-corrected chi connectivity index (χ1v) is 4.53. The van der Waals surface area contributed by atoms with Gasteiger partial charge in [0.2, 0.25) is 0 Å². The normalized spacial score (nSPS) is 9.80. The van der Waals surface area contributed by atoms with Crippen molar-refractivity contribution in [2.75, 3.05) is 5.21 Å². The van der Waals surface area contributed by atoms with E-state index in [0.717, 1.165) is 5.03 Å². The number of thioether (sulfide) groups is 1. The molecule has 0 aliphatic rings. The molecule has 4 heteroatoms. The van der Waals surface area contributed by atoms with Gasteiger partial charge in [-0.25, -0.2) is 4.98 Å². The van der Waals surface area contributed by atoms with Gasteiger partial charge < -0.3 is 0 Å². The van der Waals surface area contributed by atoms with E-state index in [4.69, 9.17) is 23.2 Å². The third-order valence-corrected chi connectivity index (χ3v) is 2.37. The highest BCUT2D eigenvalue weighted by Crippen LogP contribution is 2.24. The summed E-state index contributed by atoms with van der Waals surface area (Å²) in [6.45, 7) is 0. The van der Waals surface area contributed by atoms with Crippen LogP contribution in [0, 0.1) is 0 Å². The van der Waals surface area contributed by atoms with E-state index in [1.54, 1.807) is 18.3 Å². The highest BCUT2D eigenvalue weighted by molar-refractivity contribution is 8.00. The lowest BCUT2D eigenvalue weighted by Gasteiger charge is -1.96. The van der Waals surface area contributed by atoms with Crippen LogP contribution < -0.4 is 0 Å². The molecule has 0 spiro atoms. The highest BCUT2D eigenvalue weighted by Gasteiger charge is 1.97. The molecule has 0 radical (unpaired) electrons. The summed E-state index contributed by atoms with van der Waals surface area (Å²) in [6, 6.07) is 3.59. The molecular formula is C6H5Cl2NS. The van der Waals surface area contributed by atoms with Crippen LogP contribution >= 0.6 is 35.0 Å². The summed E-state index contributed by atoms with van der Waals surface area (Å²) < 4.78 is 0. The number of pyridine rings is 1. The van der Waals surface area contributed by atoms with Crippen molar-refractivity contribution in [3.05, 3.63) is 23.4 Å². The number of aromatic nitrogens is 1. The van der Waals surface area contributed by atoms with Crippen molar-refractivity contribution in [3.8, 4) is 0 Å². The highest BCUT2D eigenvalue weighted by atomic mass is 35.5.